The van der Waals surface area contributed by atoms with Gasteiger partial charge in [0.1, 0.15) is 0 Å². The molecule has 0 saturated carbocycles. The van der Waals surface area contributed by atoms with Gasteiger partial charge in [-0.25, -0.2) is 0 Å². The fourth-order valence-corrected chi connectivity index (χ4v) is 2.27. The summed E-state index contributed by atoms with van der Waals surface area (Å²) in [5.41, 5.74) is 2.19. The molecule has 2 aromatic rings. The molecule has 0 aliphatic heterocycles. The van der Waals surface area contributed by atoms with Crippen molar-refractivity contribution in [2.24, 2.45) is 0 Å². The van der Waals surface area contributed by atoms with E-state index in [9.17, 15) is 9.59 Å². The lowest BCUT2D eigenvalue weighted by atomic mass is 10.2. The molecule has 2 aromatic carbocycles. The standard InChI is InChI=1S/C18H20ClN3O2/c1-2-4-17(23)21-15-9-7-14(8-10-15)20-12-18(24)22-16-6-3-5-13(19)11-16/h3,5-11,20H,2,4,12H2,1H3,(H,21,23)(H,22,24). The van der Waals surface area contributed by atoms with Crippen LogP contribution >= 0.6 is 11.6 Å². The average Bonchev–Trinajstić information content (AvgIpc) is 2.54. The Morgan fingerprint density at radius 3 is 2.25 bits per heavy atom. The molecule has 2 rings (SSSR count). The SMILES string of the molecule is CCCC(=O)Nc1ccc(NCC(=O)Nc2cccc(Cl)c2)cc1. The van der Waals surface area contributed by atoms with Gasteiger partial charge in [0.2, 0.25) is 11.8 Å². The number of hydrogen-bond donors (Lipinski definition) is 3. The summed E-state index contributed by atoms with van der Waals surface area (Å²) < 4.78 is 0. The van der Waals surface area contributed by atoms with Crippen LogP contribution in [0.3, 0.4) is 0 Å². The van der Waals surface area contributed by atoms with Crippen LogP contribution in [0.2, 0.25) is 5.02 Å². The summed E-state index contributed by atoms with van der Waals surface area (Å²) in [5.74, 6) is -0.170. The fourth-order valence-electron chi connectivity index (χ4n) is 2.08. The maximum Gasteiger partial charge on any atom is 0.243 e. The monoisotopic (exact) mass is 345 g/mol. The summed E-state index contributed by atoms with van der Waals surface area (Å²) in [4.78, 5) is 23.4. The molecule has 0 saturated heterocycles. The van der Waals surface area contributed by atoms with Crippen molar-refractivity contribution in [1.82, 2.24) is 0 Å². The molecule has 5 nitrogen and oxygen atoms in total. The number of amides is 2. The summed E-state index contributed by atoms with van der Waals surface area (Å²) in [6.07, 6.45) is 1.32. The van der Waals surface area contributed by atoms with Crippen molar-refractivity contribution in [3.05, 3.63) is 53.6 Å². The maximum atomic E-state index is 11.9. The first-order valence-corrected chi connectivity index (χ1v) is 8.14. The number of hydrogen-bond acceptors (Lipinski definition) is 3. The van der Waals surface area contributed by atoms with Crippen LogP contribution in [0.4, 0.5) is 17.1 Å². The number of carbonyl (C=O) groups excluding carboxylic acids is 2. The third-order valence-corrected chi connectivity index (χ3v) is 3.44. The van der Waals surface area contributed by atoms with Crippen molar-refractivity contribution < 1.29 is 9.59 Å². The maximum absolute atomic E-state index is 11.9. The quantitative estimate of drug-likeness (QED) is 0.706. The molecule has 0 bridgehead atoms. The van der Waals surface area contributed by atoms with Crippen molar-refractivity contribution in [3.63, 3.8) is 0 Å². The molecule has 24 heavy (non-hydrogen) atoms. The lowest BCUT2D eigenvalue weighted by Crippen LogP contribution is -2.21. The van der Waals surface area contributed by atoms with Crippen molar-refractivity contribution in [2.75, 3.05) is 22.5 Å². The zero-order valence-electron chi connectivity index (χ0n) is 13.4. The van der Waals surface area contributed by atoms with Crippen LogP contribution in [0.15, 0.2) is 48.5 Å². The molecule has 6 heteroatoms. The number of nitrogens with one attached hydrogen (secondary N) is 3. The lowest BCUT2D eigenvalue weighted by molar-refractivity contribution is -0.116. The van der Waals surface area contributed by atoms with E-state index in [2.05, 4.69) is 16.0 Å². The Hall–Kier alpha value is -2.53. The van der Waals surface area contributed by atoms with E-state index in [0.29, 0.717) is 17.1 Å². The van der Waals surface area contributed by atoms with E-state index in [4.69, 9.17) is 11.6 Å². The van der Waals surface area contributed by atoms with E-state index in [1.54, 1.807) is 36.4 Å². The Morgan fingerprint density at radius 2 is 1.58 bits per heavy atom. The number of benzene rings is 2. The minimum atomic E-state index is -0.169. The minimum absolute atomic E-state index is 0.000825. The molecule has 0 unspecified atom stereocenters. The number of carbonyl (C=O) groups is 2. The van der Waals surface area contributed by atoms with E-state index in [0.717, 1.165) is 17.8 Å². The average molecular weight is 346 g/mol. The Bertz CT molecular complexity index is 702. The largest absolute Gasteiger partial charge is 0.376 e. The normalized spacial score (nSPS) is 10.1. The Labute approximate surface area is 146 Å². The molecule has 2 amide bonds. The highest BCUT2D eigenvalue weighted by atomic mass is 35.5. The van der Waals surface area contributed by atoms with Crippen molar-refractivity contribution in [3.8, 4) is 0 Å². The number of anilines is 3. The van der Waals surface area contributed by atoms with Gasteiger partial charge in [0, 0.05) is 28.5 Å². The molecule has 0 aliphatic carbocycles. The second-order valence-electron chi connectivity index (χ2n) is 5.29. The van der Waals surface area contributed by atoms with Gasteiger partial charge in [0.05, 0.1) is 6.54 Å². The first-order chi connectivity index (χ1) is 11.6. The second kappa shape index (κ2) is 8.93. The Kier molecular flexibility index (Phi) is 6.63. The molecule has 0 atom stereocenters. The van der Waals surface area contributed by atoms with E-state index in [-0.39, 0.29) is 18.4 Å². The summed E-state index contributed by atoms with van der Waals surface area (Å²) >= 11 is 5.87. The van der Waals surface area contributed by atoms with Crippen LogP contribution < -0.4 is 16.0 Å². The van der Waals surface area contributed by atoms with Gasteiger partial charge in [-0.2, -0.15) is 0 Å². The van der Waals surface area contributed by atoms with Gasteiger partial charge >= 0.3 is 0 Å². The van der Waals surface area contributed by atoms with Crippen LogP contribution in [0.25, 0.3) is 0 Å². The first kappa shape index (κ1) is 17.8. The molecule has 0 aliphatic rings. The van der Waals surface area contributed by atoms with E-state index in [1.165, 1.54) is 0 Å². The molecule has 0 fully saturated rings. The molecule has 0 aromatic heterocycles. The summed E-state index contributed by atoms with van der Waals surface area (Å²) in [6, 6.07) is 14.2. The molecule has 0 heterocycles. The van der Waals surface area contributed by atoms with Crippen LogP contribution in [-0.4, -0.2) is 18.4 Å². The third kappa shape index (κ3) is 5.93. The highest BCUT2D eigenvalue weighted by Gasteiger charge is 2.04. The zero-order valence-corrected chi connectivity index (χ0v) is 14.2. The van der Waals surface area contributed by atoms with Gasteiger partial charge in [-0.05, 0) is 48.9 Å². The van der Waals surface area contributed by atoms with Crippen LogP contribution in [0, 0.1) is 0 Å². The predicted molar refractivity (Wildman–Crippen MR) is 98.6 cm³/mol. The van der Waals surface area contributed by atoms with Crippen LogP contribution in [-0.2, 0) is 9.59 Å². The molecule has 0 spiro atoms. The zero-order chi connectivity index (χ0) is 17.4. The molecular formula is C18H20ClN3O2. The van der Waals surface area contributed by atoms with Crippen LogP contribution in [0.5, 0.6) is 0 Å². The molecule has 126 valence electrons. The highest BCUT2D eigenvalue weighted by Crippen LogP contribution is 2.16. The van der Waals surface area contributed by atoms with Crippen LogP contribution in [0.1, 0.15) is 19.8 Å². The second-order valence-corrected chi connectivity index (χ2v) is 5.72. The molecular weight excluding hydrogens is 326 g/mol. The minimum Gasteiger partial charge on any atom is -0.376 e. The predicted octanol–water partition coefficient (Wildman–Crippen LogP) is 4.13. The van der Waals surface area contributed by atoms with Crippen molar-refractivity contribution in [2.45, 2.75) is 19.8 Å². The number of rotatable bonds is 7. The van der Waals surface area contributed by atoms with E-state index < -0.39 is 0 Å². The van der Waals surface area contributed by atoms with E-state index in [1.807, 2.05) is 19.1 Å². The van der Waals surface area contributed by atoms with Gasteiger partial charge < -0.3 is 16.0 Å². The van der Waals surface area contributed by atoms with Gasteiger partial charge in [-0.1, -0.05) is 24.6 Å². The Morgan fingerprint density at radius 1 is 0.917 bits per heavy atom. The summed E-state index contributed by atoms with van der Waals surface area (Å²) in [5, 5.41) is 9.17. The van der Waals surface area contributed by atoms with E-state index >= 15 is 0 Å². The number of halogens is 1. The lowest BCUT2D eigenvalue weighted by Gasteiger charge is -2.09. The highest BCUT2D eigenvalue weighted by molar-refractivity contribution is 6.30. The third-order valence-electron chi connectivity index (χ3n) is 3.21. The first-order valence-electron chi connectivity index (χ1n) is 7.76. The van der Waals surface area contributed by atoms with Gasteiger partial charge in [0.15, 0.2) is 0 Å². The fraction of sp³-hybridized carbons (Fsp3) is 0.222. The molecule has 0 radical (unpaired) electrons. The van der Waals surface area contributed by atoms with Crippen molar-refractivity contribution >= 4 is 40.5 Å². The van der Waals surface area contributed by atoms with Gasteiger partial charge in [-0.15, -0.1) is 0 Å². The smallest absolute Gasteiger partial charge is 0.243 e. The van der Waals surface area contributed by atoms with Gasteiger partial charge in [0.25, 0.3) is 0 Å². The topological polar surface area (TPSA) is 70.2 Å². The molecule has 3 N–H and O–H groups in total. The summed E-state index contributed by atoms with van der Waals surface area (Å²) in [7, 11) is 0. The Balaban J connectivity index is 1.81. The van der Waals surface area contributed by atoms with Gasteiger partial charge in [-0.3, -0.25) is 9.59 Å². The summed E-state index contributed by atoms with van der Waals surface area (Å²) in [6.45, 7) is 2.09. The van der Waals surface area contributed by atoms with Crippen molar-refractivity contribution in [1.29, 1.82) is 0 Å².